The molecule has 0 aliphatic heterocycles. The Bertz CT molecular complexity index is 654. The molecule has 0 radical (unpaired) electrons. The van der Waals surface area contributed by atoms with Gasteiger partial charge in [-0.25, -0.2) is 9.97 Å². The van der Waals surface area contributed by atoms with Crippen LogP contribution in [0.15, 0.2) is 21.9 Å². The van der Waals surface area contributed by atoms with Crippen LogP contribution in [0.2, 0.25) is 0 Å². The summed E-state index contributed by atoms with van der Waals surface area (Å²) in [5.41, 5.74) is 1.64. The van der Waals surface area contributed by atoms with Crippen molar-refractivity contribution >= 4 is 44.8 Å². The molecule has 1 aliphatic rings. The van der Waals surface area contributed by atoms with Gasteiger partial charge in [-0.15, -0.1) is 0 Å². The van der Waals surface area contributed by atoms with Crippen LogP contribution < -0.4 is 0 Å². The van der Waals surface area contributed by atoms with Gasteiger partial charge in [-0.05, 0) is 34.3 Å². The molecule has 2 aromatic rings. The van der Waals surface area contributed by atoms with E-state index in [-0.39, 0.29) is 5.75 Å². The van der Waals surface area contributed by atoms with Crippen LogP contribution in [-0.2, 0) is 11.3 Å². The summed E-state index contributed by atoms with van der Waals surface area (Å²) in [5.74, 6) is 0.0126. The maximum Gasteiger partial charge on any atom is 0.313 e. The average molecular weight is 356 g/mol. The number of thioether (sulfide) groups is 1. The summed E-state index contributed by atoms with van der Waals surface area (Å²) in [5, 5.41) is 9.58. The van der Waals surface area contributed by atoms with Crippen molar-refractivity contribution in [1.82, 2.24) is 14.5 Å². The van der Waals surface area contributed by atoms with Crippen molar-refractivity contribution in [1.29, 1.82) is 0 Å². The Balaban J connectivity index is 1.91. The smallest absolute Gasteiger partial charge is 0.313 e. The zero-order valence-electron chi connectivity index (χ0n) is 10.8. The molecule has 3 rings (SSSR count). The van der Waals surface area contributed by atoms with Gasteiger partial charge in [0, 0.05) is 17.2 Å². The lowest BCUT2D eigenvalue weighted by molar-refractivity contribution is -0.133. The number of aromatic nitrogens is 3. The zero-order valence-corrected chi connectivity index (χ0v) is 13.2. The second kappa shape index (κ2) is 5.73. The molecular weight excluding hydrogens is 342 g/mol. The largest absolute Gasteiger partial charge is 0.481 e. The molecule has 1 aliphatic carbocycles. The maximum absolute atomic E-state index is 10.7. The molecule has 7 heteroatoms. The van der Waals surface area contributed by atoms with E-state index in [0.717, 1.165) is 39.7 Å². The van der Waals surface area contributed by atoms with Gasteiger partial charge < -0.3 is 9.67 Å². The topological polar surface area (TPSA) is 68.0 Å². The third kappa shape index (κ3) is 3.15. The fourth-order valence-electron chi connectivity index (χ4n) is 2.12. The second-order valence-electron chi connectivity index (χ2n) is 4.96. The maximum atomic E-state index is 10.7. The third-order valence-electron chi connectivity index (χ3n) is 3.30. The number of nitrogens with zero attached hydrogens (tertiary/aromatic N) is 3. The molecule has 2 heterocycles. The van der Waals surface area contributed by atoms with Crippen LogP contribution >= 0.6 is 27.7 Å². The number of carboxylic acid groups (broad SMARTS) is 1. The van der Waals surface area contributed by atoms with Crippen LogP contribution in [0.25, 0.3) is 11.2 Å². The van der Waals surface area contributed by atoms with Gasteiger partial charge in [0.25, 0.3) is 0 Å². The first-order valence-corrected chi connectivity index (χ1v) is 8.27. The fraction of sp³-hybridized carbons (Fsp3) is 0.462. The van der Waals surface area contributed by atoms with Crippen LogP contribution in [0.3, 0.4) is 0 Å². The second-order valence-corrected chi connectivity index (χ2v) is 6.81. The molecule has 0 unspecified atom stereocenters. The molecule has 5 nitrogen and oxygen atoms in total. The Kier molecular flexibility index (Phi) is 3.98. The Morgan fingerprint density at radius 1 is 1.55 bits per heavy atom. The number of carboxylic acids is 1. The van der Waals surface area contributed by atoms with Crippen molar-refractivity contribution in [2.75, 3.05) is 5.75 Å². The van der Waals surface area contributed by atoms with E-state index in [1.54, 1.807) is 6.20 Å². The standard InChI is InChI=1S/C13H14BrN3O2S/c14-9-5-10-12(15-6-9)17(4-3-8-1-2-8)13(16-10)20-7-11(18)19/h5-6,8H,1-4,7H2,(H,18,19). The van der Waals surface area contributed by atoms with E-state index in [1.807, 2.05) is 10.6 Å². The van der Waals surface area contributed by atoms with Crippen molar-refractivity contribution < 1.29 is 9.90 Å². The molecule has 0 saturated heterocycles. The molecular formula is C13H14BrN3O2S. The summed E-state index contributed by atoms with van der Waals surface area (Å²) < 4.78 is 2.93. The molecule has 106 valence electrons. The quantitative estimate of drug-likeness (QED) is 0.806. The number of aliphatic carboxylic acids is 1. The van der Waals surface area contributed by atoms with Gasteiger partial charge in [-0.3, -0.25) is 4.79 Å². The van der Waals surface area contributed by atoms with E-state index in [2.05, 4.69) is 25.9 Å². The number of aryl methyl sites for hydroxylation is 1. The molecule has 1 N–H and O–H groups in total. The highest BCUT2D eigenvalue weighted by Crippen LogP contribution is 2.34. The molecule has 1 saturated carbocycles. The Morgan fingerprint density at radius 3 is 3.05 bits per heavy atom. The number of pyridine rings is 1. The van der Waals surface area contributed by atoms with E-state index in [0.29, 0.717) is 0 Å². The number of halogens is 1. The average Bonchev–Trinajstić information content (AvgIpc) is 3.16. The van der Waals surface area contributed by atoms with Crippen LogP contribution in [0.1, 0.15) is 19.3 Å². The van der Waals surface area contributed by atoms with Crippen LogP contribution in [0.4, 0.5) is 0 Å². The molecule has 2 aromatic heterocycles. The minimum absolute atomic E-state index is 0.0217. The minimum atomic E-state index is -0.829. The Hall–Kier alpha value is -1.08. The van der Waals surface area contributed by atoms with Crippen LogP contribution in [-0.4, -0.2) is 31.4 Å². The molecule has 1 fully saturated rings. The number of fused-ring (bicyclic) bond motifs is 1. The van der Waals surface area contributed by atoms with E-state index < -0.39 is 5.97 Å². The van der Waals surface area contributed by atoms with Gasteiger partial charge in [-0.1, -0.05) is 24.6 Å². The summed E-state index contributed by atoms with van der Waals surface area (Å²) >= 11 is 4.64. The summed E-state index contributed by atoms with van der Waals surface area (Å²) in [6.45, 7) is 0.859. The molecule has 0 atom stereocenters. The SMILES string of the molecule is O=C(O)CSc1nc2cc(Br)cnc2n1CCC1CC1. The van der Waals surface area contributed by atoms with Gasteiger partial charge in [0.2, 0.25) is 0 Å². The Labute approximate surface area is 128 Å². The van der Waals surface area contributed by atoms with Crippen LogP contribution in [0, 0.1) is 5.92 Å². The van der Waals surface area contributed by atoms with Crippen LogP contribution in [0.5, 0.6) is 0 Å². The predicted molar refractivity (Wildman–Crippen MR) is 80.9 cm³/mol. The summed E-state index contributed by atoms with van der Waals surface area (Å²) in [6.07, 6.45) is 5.49. The van der Waals surface area contributed by atoms with E-state index >= 15 is 0 Å². The van der Waals surface area contributed by atoms with E-state index in [1.165, 1.54) is 24.6 Å². The number of hydrogen-bond acceptors (Lipinski definition) is 4. The van der Waals surface area contributed by atoms with Gasteiger partial charge in [0.05, 0.1) is 5.75 Å². The molecule has 0 amide bonds. The van der Waals surface area contributed by atoms with E-state index in [4.69, 9.17) is 5.11 Å². The summed E-state index contributed by atoms with van der Waals surface area (Å²) in [6, 6.07) is 1.92. The van der Waals surface area contributed by atoms with Gasteiger partial charge in [-0.2, -0.15) is 0 Å². The van der Waals surface area contributed by atoms with Gasteiger partial charge in [0.1, 0.15) is 5.52 Å². The lowest BCUT2D eigenvalue weighted by Crippen LogP contribution is -2.04. The monoisotopic (exact) mass is 355 g/mol. The summed E-state index contributed by atoms with van der Waals surface area (Å²) in [4.78, 5) is 19.7. The molecule has 0 spiro atoms. The highest BCUT2D eigenvalue weighted by molar-refractivity contribution is 9.10. The molecule has 20 heavy (non-hydrogen) atoms. The Morgan fingerprint density at radius 2 is 2.35 bits per heavy atom. The number of rotatable bonds is 6. The van der Waals surface area contributed by atoms with Crippen molar-refractivity contribution in [3.8, 4) is 0 Å². The van der Waals surface area contributed by atoms with Crippen molar-refractivity contribution in [3.63, 3.8) is 0 Å². The number of imidazole rings is 1. The minimum Gasteiger partial charge on any atom is -0.481 e. The fourth-order valence-corrected chi connectivity index (χ4v) is 3.19. The zero-order chi connectivity index (χ0) is 14.1. The third-order valence-corrected chi connectivity index (χ3v) is 4.69. The first kappa shape index (κ1) is 13.9. The van der Waals surface area contributed by atoms with Gasteiger partial charge >= 0.3 is 5.97 Å². The first-order valence-electron chi connectivity index (χ1n) is 6.50. The highest BCUT2D eigenvalue weighted by Gasteiger charge is 2.22. The number of hydrogen-bond donors (Lipinski definition) is 1. The highest BCUT2D eigenvalue weighted by atomic mass is 79.9. The van der Waals surface area contributed by atoms with E-state index in [9.17, 15) is 4.79 Å². The lowest BCUT2D eigenvalue weighted by atomic mass is 10.3. The normalized spacial score (nSPS) is 14.8. The summed E-state index contributed by atoms with van der Waals surface area (Å²) in [7, 11) is 0. The first-order chi connectivity index (χ1) is 9.63. The van der Waals surface area contributed by atoms with Crippen molar-refractivity contribution in [2.24, 2.45) is 5.92 Å². The molecule has 0 aromatic carbocycles. The van der Waals surface area contributed by atoms with Gasteiger partial charge in [0.15, 0.2) is 10.8 Å². The molecule has 0 bridgehead atoms. The lowest BCUT2D eigenvalue weighted by Gasteiger charge is -2.06. The predicted octanol–water partition coefficient (Wildman–Crippen LogP) is 3.17. The number of carbonyl (C=O) groups is 1. The van der Waals surface area contributed by atoms with Crippen molar-refractivity contribution in [2.45, 2.75) is 31.0 Å². The van der Waals surface area contributed by atoms with Crippen molar-refractivity contribution in [3.05, 3.63) is 16.7 Å².